The molecule has 9 heteroatoms. The van der Waals surface area contributed by atoms with E-state index in [1.807, 2.05) is 12.1 Å². The van der Waals surface area contributed by atoms with Gasteiger partial charge in [0.2, 0.25) is 0 Å². The minimum Gasteiger partial charge on any atom is -0.493 e. The number of fused-ring (bicyclic) bond motifs is 1. The van der Waals surface area contributed by atoms with E-state index in [1.54, 1.807) is 63.4 Å². The SMILES string of the molecule is C=CCOc1ccc(C=c2sc3n(c2=O)C(c2ccccc2Cl)C(C(=O)OCC)=C(C)N=3)cc1OC. The average molecular weight is 525 g/mol. The molecule has 0 bridgehead atoms. The molecule has 4 rings (SSSR count). The van der Waals surface area contributed by atoms with Gasteiger partial charge in [-0.25, -0.2) is 9.79 Å². The summed E-state index contributed by atoms with van der Waals surface area (Å²) in [5.41, 5.74) is 1.85. The predicted molar refractivity (Wildman–Crippen MR) is 141 cm³/mol. The van der Waals surface area contributed by atoms with Crippen LogP contribution in [0.5, 0.6) is 11.5 Å². The van der Waals surface area contributed by atoms with Crippen LogP contribution in [0.1, 0.15) is 31.0 Å². The van der Waals surface area contributed by atoms with E-state index in [2.05, 4.69) is 11.6 Å². The molecule has 1 unspecified atom stereocenters. The zero-order valence-corrected chi connectivity index (χ0v) is 21.7. The van der Waals surface area contributed by atoms with Crippen molar-refractivity contribution in [2.45, 2.75) is 19.9 Å². The summed E-state index contributed by atoms with van der Waals surface area (Å²) < 4.78 is 18.3. The number of hydrogen-bond donors (Lipinski definition) is 0. The number of carbonyl (C=O) groups is 1. The number of rotatable bonds is 8. The maximum atomic E-state index is 13.7. The van der Waals surface area contributed by atoms with Crippen molar-refractivity contribution in [2.75, 3.05) is 20.3 Å². The quantitative estimate of drug-likeness (QED) is 0.328. The van der Waals surface area contributed by atoms with Gasteiger partial charge in [-0.15, -0.1) is 0 Å². The summed E-state index contributed by atoms with van der Waals surface area (Å²) in [6, 6.07) is 11.8. The number of ether oxygens (including phenoxy) is 3. The fourth-order valence-electron chi connectivity index (χ4n) is 3.98. The van der Waals surface area contributed by atoms with Gasteiger partial charge in [0.1, 0.15) is 12.6 Å². The van der Waals surface area contributed by atoms with Crippen molar-refractivity contribution in [2.24, 2.45) is 4.99 Å². The molecular formula is C27H25ClN2O5S. The molecule has 0 saturated carbocycles. The number of esters is 1. The zero-order chi connectivity index (χ0) is 25.8. The number of nitrogens with zero attached hydrogens (tertiary/aromatic N) is 2. The number of carbonyl (C=O) groups excluding carboxylic acids is 1. The first-order chi connectivity index (χ1) is 17.4. The van der Waals surface area contributed by atoms with Crippen molar-refractivity contribution in [1.82, 2.24) is 4.57 Å². The normalized spacial score (nSPS) is 15.2. The first-order valence-electron chi connectivity index (χ1n) is 11.2. The largest absolute Gasteiger partial charge is 0.493 e. The minimum absolute atomic E-state index is 0.198. The Morgan fingerprint density at radius 3 is 2.72 bits per heavy atom. The molecule has 0 spiro atoms. The van der Waals surface area contributed by atoms with E-state index in [1.165, 1.54) is 15.9 Å². The van der Waals surface area contributed by atoms with Crippen LogP contribution in [0, 0.1) is 0 Å². The molecule has 2 heterocycles. The summed E-state index contributed by atoms with van der Waals surface area (Å²) in [5.74, 6) is 0.579. The fraction of sp³-hybridized carbons (Fsp3) is 0.222. The van der Waals surface area contributed by atoms with Crippen LogP contribution in [0.15, 0.2) is 76.2 Å². The van der Waals surface area contributed by atoms with Gasteiger partial charge < -0.3 is 14.2 Å². The van der Waals surface area contributed by atoms with Gasteiger partial charge in [0.15, 0.2) is 16.3 Å². The molecule has 0 amide bonds. The van der Waals surface area contributed by atoms with Crippen molar-refractivity contribution in [3.8, 4) is 11.5 Å². The number of halogens is 1. The standard InChI is InChI=1S/C27H25ClN2O5S/c1-5-13-35-20-12-11-17(14-21(20)33-4)15-22-25(31)30-24(18-9-7-8-10-19(18)28)23(26(32)34-6-2)16(3)29-27(30)36-22/h5,7-12,14-15,24H,1,6,13H2,2-4H3. The van der Waals surface area contributed by atoms with Gasteiger partial charge in [-0.2, -0.15) is 0 Å². The third-order valence-electron chi connectivity index (χ3n) is 5.56. The number of benzene rings is 2. The van der Waals surface area contributed by atoms with Gasteiger partial charge in [-0.3, -0.25) is 9.36 Å². The smallest absolute Gasteiger partial charge is 0.338 e. The molecule has 0 radical (unpaired) electrons. The van der Waals surface area contributed by atoms with E-state index in [0.717, 1.165) is 5.56 Å². The summed E-state index contributed by atoms with van der Waals surface area (Å²) in [5, 5.41) is 0.438. The maximum Gasteiger partial charge on any atom is 0.338 e. The van der Waals surface area contributed by atoms with Crippen molar-refractivity contribution < 1.29 is 19.0 Å². The third kappa shape index (κ3) is 4.87. The highest BCUT2D eigenvalue weighted by Gasteiger charge is 2.34. The average Bonchev–Trinajstić information content (AvgIpc) is 3.17. The highest BCUT2D eigenvalue weighted by atomic mass is 35.5. The molecule has 3 aromatic rings. The third-order valence-corrected chi connectivity index (χ3v) is 6.89. The van der Waals surface area contributed by atoms with Crippen molar-refractivity contribution in [3.63, 3.8) is 0 Å². The van der Waals surface area contributed by atoms with E-state index in [9.17, 15) is 9.59 Å². The van der Waals surface area contributed by atoms with Gasteiger partial charge in [0.05, 0.1) is 29.5 Å². The van der Waals surface area contributed by atoms with Crippen LogP contribution >= 0.6 is 22.9 Å². The van der Waals surface area contributed by atoms with Crippen molar-refractivity contribution in [1.29, 1.82) is 0 Å². The molecule has 7 nitrogen and oxygen atoms in total. The summed E-state index contributed by atoms with van der Waals surface area (Å²) in [6.45, 7) is 7.67. The first kappa shape index (κ1) is 25.5. The lowest BCUT2D eigenvalue weighted by atomic mass is 9.96. The fourth-order valence-corrected chi connectivity index (χ4v) is 5.26. The number of allylic oxidation sites excluding steroid dienone is 1. The molecule has 186 valence electrons. The molecule has 0 N–H and O–H groups in total. The summed E-state index contributed by atoms with van der Waals surface area (Å²) in [7, 11) is 1.55. The molecule has 1 aliphatic rings. The lowest BCUT2D eigenvalue weighted by Gasteiger charge is -2.25. The van der Waals surface area contributed by atoms with E-state index >= 15 is 0 Å². The molecule has 0 fully saturated rings. The summed E-state index contributed by atoms with van der Waals surface area (Å²) in [4.78, 5) is 31.7. The molecule has 2 aromatic carbocycles. The molecular weight excluding hydrogens is 500 g/mol. The van der Waals surface area contributed by atoms with Crippen LogP contribution in [-0.4, -0.2) is 30.9 Å². The Kier molecular flexibility index (Phi) is 7.76. The summed E-state index contributed by atoms with van der Waals surface area (Å²) >= 11 is 7.77. The van der Waals surface area contributed by atoms with Gasteiger partial charge in [0, 0.05) is 5.02 Å². The van der Waals surface area contributed by atoms with Gasteiger partial charge in [-0.1, -0.05) is 59.9 Å². The number of methoxy groups -OCH3 is 1. The Morgan fingerprint density at radius 1 is 1.25 bits per heavy atom. The van der Waals surface area contributed by atoms with Gasteiger partial charge in [-0.05, 0) is 49.2 Å². The Bertz CT molecular complexity index is 1540. The molecule has 0 aliphatic carbocycles. The molecule has 0 saturated heterocycles. The van der Waals surface area contributed by atoms with Gasteiger partial charge >= 0.3 is 5.97 Å². The molecule has 36 heavy (non-hydrogen) atoms. The van der Waals surface area contributed by atoms with E-state index in [-0.39, 0.29) is 17.7 Å². The second kappa shape index (κ2) is 11.0. The minimum atomic E-state index is -0.764. The molecule has 1 aromatic heterocycles. The second-order valence-electron chi connectivity index (χ2n) is 7.83. The van der Waals surface area contributed by atoms with E-state index in [4.69, 9.17) is 25.8 Å². The predicted octanol–water partition coefficient (Wildman–Crippen LogP) is 4.03. The van der Waals surface area contributed by atoms with Crippen LogP contribution < -0.4 is 24.4 Å². The topological polar surface area (TPSA) is 79.1 Å². The summed E-state index contributed by atoms with van der Waals surface area (Å²) in [6.07, 6.45) is 3.41. The number of hydrogen-bond acceptors (Lipinski definition) is 7. The zero-order valence-electron chi connectivity index (χ0n) is 20.1. The van der Waals surface area contributed by atoms with E-state index in [0.29, 0.717) is 43.7 Å². The maximum absolute atomic E-state index is 13.7. The lowest BCUT2D eigenvalue weighted by molar-refractivity contribution is -0.139. The Hall–Kier alpha value is -3.62. The van der Waals surface area contributed by atoms with Crippen LogP contribution in [-0.2, 0) is 9.53 Å². The first-order valence-corrected chi connectivity index (χ1v) is 12.4. The highest BCUT2D eigenvalue weighted by molar-refractivity contribution is 7.07. The van der Waals surface area contributed by atoms with Crippen LogP contribution in [0.25, 0.3) is 6.08 Å². The Balaban J connectivity index is 1.89. The van der Waals surface area contributed by atoms with Crippen LogP contribution in [0.2, 0.25) is 5.02 Å². The van der Waals surface area contributed by atoms with E-state index < -0.39 is 12.0 Å². The van der Waals surface area contributed by atoms with Crippen LogP contribution in [0.4, 0.5) is 0 Å². The van der Waals surface area contributed by atoms with Crippen molar-refractivity contribution >= 4 is 35.0 Å². The highest BCUT2D eigenvalue weighted by Crippen LogP contribution is 2.34. The lowest BCUT2D eigenvalue weighted by Crippen LogP contribution is -2.40. The van der Waals surface area contributed by atoms with Crippen LogP contribution in [0.3, 0.4) is 0 Å². The Morgan fingerprint density at radius 2 is 2.03 bits per heavy atom. The second-order valence-corrected chi connectivity index (χ2v) is 9.25. The number of thiazole rings is 1. The number of aromatic nitrogens is 1. The molecule has 1 aliphatic heterocycles. The molecule has 1 atom stereocenters. The Labute approximate surface area is 217 Å². The van der Waals surface area contributed by atoms with Gasteiger partial charge in [0.25, 0.3) is 5.56 Å². The monoisotopic (exact) mass is 524 g/mol. The van der Waals surface area contributed by atoms with Crippen molar-refractivity contribution in [3.05, 3.63) is 102 Å².